The molecule has 0 radical (unpaired) electrons. The molecule has 2 atom stereocenters. The normalized spacial score (nSPS) is 29.0. The third-order valence-electron chi connectivity index (χ3n) is 4.22. The number of likely N-dealkylation sites (tertiary alicyclic amines) is 1. The van der Waals surface area contributed by atoms with Crippen molar-refractivity contribution in [3.8, 4) is 0 Å². The van der Waals surface area contributed by atoms with Gasteiger partial charge in [0.15, 0.2) is 0 Å². The maximum Gasteiger partial charge on any atom is 0.249 e. The average Bonchev–Trinajstić information content (AvgIpc) is 2.89. The fraction of sp³-hybridized carbons (Fsp3) is 0.933. The third-order valence-corrected chi connectivity index (χ3v) is 4.22. The zero-order valence-corrected chi connectivity index (χ0v) is 12.8. The molecule has 5 nitrogen and oxygen atoms in total. The van der Waals surface area contributed by atoms with Crippen molar-refractivity contribution in [2.45, 2.75) is 57.8 Å². The van der Waals surface area contributed by atoms with Crippen LogP contribution in [0.3, 0.4) is 0 Å². The van der Waals surface area contributed by atoms with Gasteiger partial charge in [-0.1, -0.05) is 13.8 Å². The minimum atomic E-state index is -0.280. The lowest BCUT2D eigenvalue weighted by atomic mass is 10.0. The molecule has 0 saturated carbocycles. The minimum Gasteiger partial charge on any atom is -0.364 e. The van der Waals surface area contributed by atoms with Crippen molar-refractivity contribution < 1.29 is 9.53 Å². The zero-order chi connectivity index (χ0) is 14.5. The van der Waals surface area contributed by atoms with Crippen molar-refractivity contribution in [1.82, 2.24) is 10.2 Å². The van der Waals surface area contributed by atoms with Gasteiger partial charge in [-0.2, -0.15) is 0 Å². The number of piperidine rings is 1. The summed E-state index contributed by atoms with van der Waals surface area (Å²) in [5, 5.41) is 3.15. The van der Waals surface area contributed by atoms with E-state index in [-0.39, 0.29) is 18.1 Å². The first-order valence-electron chi connectivity index (χ1n) is 7.96. The van der Waals surface area contributed by atoms with Gasteiger partial charge in [0.05, 0.1) is 6.10 Å². The maximum atomic E-state index is 12.1. The molecule has 0 aliphatic carbocycles. The topological polar surface area (TPSA) is 67.6 Å². The van der Waals surface area contributed by atoms with E-state index in [4.69, 9.17) is 10.5 Å². The van der Waals surface area contributed by atoms with E-state index in [9.17, 15) is 4.79 Å². The third kappa shape index (κ3) is 4.43. The van der Waals surface area contributed by atoms with Crippen molar-refractivity contribution in [3.63, 3.8) is 0 Å². The van der Waals surface area contributed by atoms with Crippen molar-refractivity contribution in [1.29, 1.82) is 0 Å². The second kappa shape index (κ2) is 7.38. The average molecular weight is 283 g/mol. The second-order valence-electron chi connectivity index (χ2n) is 6.54. The van der Waals surface area contributed by atoms with Gasteiger partial charge in [-0.25, -0.2) is 0 Å². The van der Waals surface area contributed by atoms with Gasteiger partial charge in [-0.3, -0.25) is 4.79 Å². The molecule has 0 bridgehead atoms. The quantitative estimate of drug-likeness (QED) is 0.780. The Hall–Kier alpha value is -0.650. The van der Waals surface area contributed by atoms with Gasteiger partial charge in [0.2, 0.25) is 5.91 Å². The van der Waals surface area contributed by atoms with Gasteiger partial charge in [0.1, 0.15) is 6.10 Å². The summed E-state index contributed by atoms with van der Waals surface area (Å²) in [5.74, 6) is 0.768. The zero-order valence-electron chi connectivity index (χ0n) is 12.8. The molecular weight excluding hydrogens is 254 g/mol. The lowest BCUT2D eigenvalue weighted by molar-refractivity contribution is -0.132. The first-order valence-corrected chi connectivity index (χ1v) is 7.96. The molecule has 2 aliphatic rings. The predicted octanol–water partition coefficient (Wildman–Crippen LogP) is 0.729. The summed E-state index contributed by atoms with van der Waals surface area (Å²) in [5.41, 5.74) is 5.57. The van der Waals surface area contributed by atoms with Crippen LogP contribution in [0.2, 0.25) is 0 Å². The number of hydrogen-bond acceptors (Lipinski definition) is 4. The van der Waals surface area contributed by atoms with Gasteiger partial charge in [0, 0.05) is 32.2 Å². The number of nitrogens with two attached hydrogens (primary N) is 1. The number of nitrogens with one attached hydrogen (secondary N) is 1. The van der Waals surface area contributed by atoms with Gasteiger partial charge in [0.25, 0.3) is 0 Å². The van der Waals surface area contributed by atoms with E-state index < -0.39 is 0 Å². The summed E-state index contributed by atoms with van der Waals surface area (Å²) >= 11 is 0. The molecule has 116 valence electrons. The number of amides is 1. The van der Waals surface area contributed by atoms with E-state index in [0.29, 0.717) is 18.5 Å². The Kier molecular flexibility index (Phi) is 5.81. The molecule has 2 rings (SSSR count). The molecule has 2 saturated heterocycles. The Balaban J connectivity index is 1.69. The van der Waals surface area contributed by atoms with Gasteiger partial charge < -0.3 is 20.7 Å². The van der Waals surface area contributed by atoms with Crippen LogP contribution in [0.15, 0.2) is 0 Å². The molecule has 0 spiro atoms. The molecule has 2 fully saturated rings. The summed E-state index contributed by atoms with van der Waals surface area (Å²) in [6.45, 7) is 8.33. The predicted molar refractivity (Wildman–Crippen MR) is 79.4 cm³/mol. The van der Waals surface area contributed by atoms with Crippen molar-refractivity contribution in [2.24, 2.45) is 11.7 Å². The van der Waals surface area contributed by atoms with Crippen LogP contribution in [-0.4, -0.2) is 55.2 Å². The Bertz CT molecular complexity index is 314. The lowest BCUT2D eigenvalue weighted by Crippen LogP contribution is -2.48. The van der Waals surface area contributed by atoms with Crippen molar-refractivity contribution in [2.75, 3.05) is 26.2 Å². The molecule has 0 aromatic rings. The standard InChI is InChI=1S/C15H29N3O2/c1-11(2)10-18-7-5-12(6-8-18)17-15(19)14-4-3-13(9-16)20-14/h11-14H,3-10,16H2,1-2H3,(H,17,19)/t13-,14+/m1/s1. The highest BCUT2D eigenvalue weighted by Crippen LogP contribution is 2.20. The van der Waals surface area contributed by atoms with Crippen LogP contribution < -0.4 is 11.1 Å². The smallest absolute Gasteiger partial charge is 0.249 e. The largest absolute Gasteiger partial charge is 0.364 e. The number of hydrogen-bond donors (Lipinski definition) is 2. The van der Waals surface area contributed by atoms with E-state index in [1.807, 2.05) is 0 Å². The molecule has 0 aromatic carbocycles. The van der Waals surface area contributed by atoms with Crippen molar-refractivity contribution >= 4 is 5.91 Å². The summed E-state index contributed by atoms with van der Waals surface area (Å²) in [7, 11) is 0. The Morgan fingerprint density at radius 1 is 1.30 bits per heavy atom. The van der Waals surface area contributed by atoms with E-state index in [1.165, 1.54) is 0 Å². The van der Waals surface area contributed by atoms with Crippen LogP contribution >= 0.6 is 0 Å². The Labute approximate surface area is 122 Å². The van der Waals surface area contributed by atoms with Crippen LogP contribution in [-0.2, 0) is 9.53 Å². The highest BCUT2D eigenvalue weighted by atomic mass is 16.5. The van der Waals surface area contributed by atoms with Gasteiger partial charge in [-0.05, 0) is 31.6 Å². The second-order valence-corrected chi connectivity index (χ2v) is 6.54. The van der Waals surface area contributed by atoms with Crippen LogP contribution in [0.4, 0.5) is 0 Å². The number of carbonyl (C=O) groups excluding carboxylic acids is 1. The summed E-state index contributed by atoms with van der Waals surface area (Å²) in [4.78, 5) is 14.6. The van der Waals surface area contributed by atoms with Gasteiger partial charge in [-0.15, -0.1) is 0 Å². The van der Waals surface area contributed by atoms with Crippen LogP contribution in [0, 0.1) is 5.92 Å². The highest BCUT2D eigenvalue weighted by molar-refractivity contribution is 5.81. The van der Waals surface area contributed by atoms with Crippen LogP contribution in [0.5, 0.6) is 0 Å². The fourth-order valence-electron chi connectivity index (χ4n) is 3.14. The molecule has 5 heteroatoms. The Morgan fingerprint density at radius 2 is 2.00 bits per heavy atom. The Morgan fingerprint density at radius 3 is 2.55 bits per heavy atom. The number of ether oxygens (including phenoxy) is 1. The first-order chi connectivity index (χ1) is 9.58. The molecule has 2 aliphatic heterocycles. The van der Waals surface area contributed by atoms with E-state index in [0.717, 1.165) is 45.3 Å². The number of carbonyl (C=O) groups is 1. The first kappa shape index (κ1) is 15.7. The van der Waals surface area contributed by atoms with E-state index >= 15 is 0 Å². The fourth-order valence-corrected chi connectivity index (χ4v) is 3.14. The van der Waals surface area contributed by atoms with Crippen LogP contribution in [0.25, 0.3) is 0 Å². The van der Waals surface area contributed by atoms with E-state index in [1.54, 1.807) is 0 Å². The molecule has 1 amide bonds. The molecular formula is C15H29N3O2. The lowest BCUT2D eigenvalue weighted by Gasteiger charge is -2.33. The van der Waals surface area contributed by atoms with Gasteiger partial charge >= 0.3 is 0 Å². The molecule has 0 aromatic heterocycles. The summed E-state index contributed by atoms with van der Waals surface area (Å²) in [6.07, 6.45) is 3.59. The minimum absolute atomic E-state index is 0.0586. The molecule has 2 heterocycles. The number of rotatable bonds is 5. The summed E-state index contributed by atoms with van der Waals surface area (Å²) in [6, 6.07) is 0.312. The molecule has 3 N–H and O–H groups in total. The monoisotopic (exact) mass is 283 g/mol. The molecule has 0 unspecified atom stereocenters. The SMILES string of the molecule is CC(C)CN1CCC(NC(=O)[C@@H]2CC[C@H](CN)O2)CC1. The molecule has 20 heavy (non-hydrogen) atoms. The summed E-state index contributed by atoms with van der Waals surface area (Å²) < 4.78 is 5.64. The van der Waals surface area contributed by atoms with E-state index in [2.05, 4.69) is 24.1 Å². The van der Waals surface area contributed by atoms with Crippen LogP contribution in [0.1, 0.15) is 39.5 Å². The van der Waals surface area contributed by atoms with Crippen molar-refractivity contribution in [3.05, 3.63) is 0 Å². The highest BCUT2D eigenvalue weighted by Gasteiger charge is 2.31. The maximum absolute atomic E-state index is 12.1. The number of nitrogens with zero attached hydrogens (tertiary/aromatic N) is 1.